The largest absolute Gasteiger partial charge is 0.328 e. The minimum Gasteiger partial charge on any atom is -0.295 e. The second kappa shape index (κ2) is 11.3. The Hall–Kier alpha value is -6.53. The van der Waals surface area contributed by atoms with Crippen molar-refractivity contribution in [2.24, 2.45) is 14.1 Å². The molecule has 0 saturated carbocycles. The summed E-state index contributed by atoms with van der Waals surface area (Å²) < 4.78 is 5.63. The second-order valence-corrected chi connectivity index (χ2v) is 12.4. The summed E-state index contributed by atoms with van der Waals surface area (Å²) in [6, 6.07) is 52.5. The van der Waals surface area contributed by atoms with Crippen molar-refractivity contribution in [1.82, 2.24) is 23.7 Å². The van der Waals surface area contributed by atoms with Gasteiger partial charge in [0.05, 0.1) is 27.8 Å². The number of hydrogen-bond acceptors (Lipinski definition) is 3. The van der Waals surface area contributed by atoms with Gasteiger partial charge in [-0.2, -0.15) is 0 Å². The van der Waals surface area contributed by atoms with Crippen LogP contribution >= 0.6 is 0 Å². The van der Waals surface area contributed by atoms with Crippen molar-refractivity contribution in [2.75, 3.05) is 0 Å². The molecule has 0 saturated heterocycles. The highest BCUT2D eigenvalue weighted by atomic mass is 16.1. The molecule has 0 aliphatic carbocycles. The van der Waals surface area contributed by atoms with Gasteiger partial charge in [0.2, 0.25) is 0 Å². The van der Waals surface area contributed by atoms with Crippen molar-refractivity contribution < 1.29 is 0 Å². The van der Waals surface area contributed by atoms with Gasteiger partial charge >= 0.3 is 5.69 Å². The summed E-state index contributed by atoms with van der Waals surface area (Å²) in [6.07, 6.45) is 0. The number of hydrogen-bond donors (Lipinski definition) is 0. The monoisotopic (exact) mass is 633 g/mol. The van der Waals surface area contributed by atoms with Crippen molar-refractivity contribution in [3.05, 3.63) is 162 Å². The van der Waals surface area contributed by atoms with E-state index >= 15 is 0 Å². The van der Waals surface area contributed by atoms with Gasteiger partial charge in [-0.3, -0.25) is 13.7 Å². The third-order valence-corrected chi connectivity index (χ3v) is 9.52. The highest BCUT2D eigenvalue weighted by molar-refractivity contribution is 6.10. The average Bonchev–Trinajstić information content (AvgIpc) is 3.61. The Morgan fingerprint density at radius 1 is 0.429 bits per heavy atom. The molecule has 6 heteroatoms. The first-order chi connectivity index (χ1) is 24.0. The Morgan fingerprint density at radius 3 is 1.82 bits per heavy atom. The van der Waals surface area contributed by atoms with Gasteiger partial charge in [-0.25, -0.2) is 14.8 Å². The van der Waals surface area contributed by atoms with E-state index in [1.54, 1.807) is 16.2 Å². The Labute approximate surface area is 282 Å². The number of para-hydroxylation sites is 1. The van der Waals surface area contributed by atoms with Crippen LogP contribution in [0.3, 0.4) is 0 Å². The molecule has 234 valence electrons. The predicted octanol–water partition coefficient (Wildman–Crippen LogP) is 9.43. The molecule has 3 aromatic heterocycles. The molecule has 0 aliphatic heterocycles. The summed E-state index contributed by atoms with van der Waals surface area (Å²) in [6.45, 7) is 0. The number of nitrogens with zero attached hydrogens (tertiary/aromatic N) is 5. The molecule has 0 amide bonds. The summed E-state index contributed by atoms with van der Waals surface area (Å²) in [5, 5.41) is 2.34. The molecular formula is C43H31N5O. The molecule has 0 atom stereocenters. The molecule has 6 nitrogen and oxygen atoms in total. The minimum absolute atomic E-state index is 0.0378. The van der Waals surface area contributed by atoms with Crippen LogP contribution in [0.4, 0.5) is 0 Å². The van der Waals surface area contributed by atoms with Gasteiger partial charge in [-0.1, -0.05) is 109 Å². The SMILES string of the molecule is Cn1c(=O)n(C)c2cc(-c3cccc(-c4cc(-n5c6ccccc6c6cc(-c7ccccc7)ccc65)nc(-c5ccccc5)n4)c3)ccc21. The van der Waals surface area contributed by atoms with Crippen LogP contribution in [0.5, 0.6) is 0 Å². The molecule has 9 rings (SSSR count). The van der Waals surface area contributed by atoms with Gasteiger partial charge in [-0.05, 0) is 58.7 Å². The van der Waals surface area contributed by atoms with Gasteiger partial charge in [0.25, 0.3) is 0 Å². The molecular weight excluding hydrogens is 603 g/mol. The van der Waals surface area contributed by atoms with E-state index in [0.717, 1.165) is 55.8 Å². The first-order valence-corrected chi connectivity index (χ1v) is 16.3. The quantitative estimate of drug-likeness (QED) is 0.190. The molecule has 49 heavy (non-hydrogen) atoms. The Balaban J connectivity index is 1.24. The van der Waals surface area contributed by atoms with Crippen molar-refractivity contribution >= 4 is 32.8 Å². The average molecular weight is 634 g/mol. The smallest absolute Gasteiger partial charge is 0.295 e. The number of benzene rings is 6. The van der Waals surface area contributed by atoms with Crippen LogP contribution in [0, 0.1) is 0 Å². The highest BCUT2D eigenvalue weighted by Crippen LogP contribution is 2.36. The fourth-order valence-corrected chi connectivity index (χ4v) is 6.99. The molecule has 0 N–H and O–H groups in total. The predicted molar refractivity (Wildman–Crippen MR) is 200 cm³/mol. The third kappa shape index (κ3) is 4.76. The van der Waals surface area contributed by atoms with E-state index in [9.17, 15) is 4.79 Å². The van der Waals surface area contributed by atoms with Crippen LogP contribution < -0.4 is 5.69 Å². The highest BCUT2D eigenvalue weighted by Gasteiger charge is 2.18. The molecule has 0 aliphatic rings. The maximum absolute atomic E-state index is 12.6. The number of aromatic nitrogens is 5. The fraction of sp³-hybridized carbons (Fsp3) is 0.0465. The Kier molecular flexibility index (Phi) is 6.62. The zero-order chi connectivity index (χ0) is 33.1. The zero-order valence-corrected chi connectivity index (χ0v) is 27.1. The maximum atomic E-state index is 12.6. The first-order valence-electron chi connectivity index (χ1n) is 16.3. The third-order valence-electron chi connectivity index (χ3n) is 9.52. The van der Waals surface area contributed by atoms with Gasteiger partial charge in [-0.15, -0.1) is 0 Å². The molecule has 3 heterocycles. The topological polar surface area (TPSA) is 57.6 Å². The van der Waals surface area contributed by atoms with Crippen molar-refractivity contribution in [1.29, 1.82) is 0 Å². The lowest BCUT2D eigenvalue weighted by atomic mass is 10.0. The van der Waals surface area contributed by atoms with E-state index in [1.165, 1.54) is 21.9 Å². The summed E-state index contributed by atoms with van der Waals surface area (Å²) >= 11 is 0. The van der Waals surface area contributed by atoms with Crippen LogP contribution in [-0.4, -0.2) is 23.7 Å². The van der Waals surface area contributed by atoms with Crippen LogP contribution in [0.1, 0.15) is 0 Å². The molecule has 6 aromatic carbocycles. The summed E-state index contributed by atoms with van der Waals surface area (Å²) in [5.74, 6) is 1.46. The Morgan fingerprint density at radius 2 is 1.02 bits per heavy atom. The summed E-state index contributed by atoms with van der Waals surface area (Å²) in [4.78, 5) is 23.0. The first kappa shape index (κ1) is 28.7. The lowest BCUT2D eigenvalue weighted by molar-refractivity contribution is 0.795. The van der Waals surface area contributed by atoms with Gasteiger partial charge in [0.1, 0.15) is 5.82 Å². The van der Waals surface area contributed by atoms with Crippen LogP contribution in [0.25, 0.3) is 83.6 Å². The zero-order valence-electron chi connectivity index (χ0n) is 27.1. The second-order valence-electron chi connectivity index (χ2n) is 12.4. The fourth-order valence-electron chi connectivity index (χ4n) is 6.99. The number of rotatable bonds is 5. The number of fused-ring (bicyclic) bond motifs is 4. The maximum Gasteiger partial charge on any atom is 0.328 e. The van der Waals surface area contributed by atoms with Crippen molar-refractivity contribution in [3.63, 3.8) is 0 Å². The number of imidazole rings is 1. The van der Waals surface area contributed by atoms with Crippen LogP contribution in [-0.2, 0) is 14.1 Å². The van der Waals surface area contributed by atoms with Crippen molar-refractivity contribution in [3.8, 4) is 50.7 Å². The van der Waals surface area contributed by atoms with Crippen LogP contribution in [0.15, 0.2) is 156 Å². The molecule has 0 bridgehead atoms. The Bertz CT molecular complexity index is 2750. The molecule has 0 unspecified atom stereocenters. The molecule has 9 aromatic rings. The normalized spacial score (nSPS) is 11.6. The van der Waals surface area contributed by atoms with Crippen LogP contribution in [0.2, 0.25) is 0 Å². The van der Waals surface area contributed by atoms with E-state index in [-0.39, 0.29) is 5.69 Å². The number of aryl methyl sites for hydroxylation is 2. The van der Waals surface area contributed by atoms with E-state index < -0.39 is 0 Å². The van der Waals surface area contributed by atoms with E-state index in [2.05, 4.69) is 126 Å². The van der Waals surface area contributed by atoms with E-state index in [4.69, 9.17) is 9.97 Å². The van der Waals surface area contributed by atoms with Gasteiger partial charge < -0.3 is 0 Å². The molecule has 0 radical (unpaired) electrons. The molecule has 0 spiro atoms. The van der Waals surface area contributed by atoms with E-state index in [1.807, 2.05) is 37.4 Å². The molecule has 0 fully saturated rings. The van der Waals surface area contributed by atoms with E-state index in [0.29, 0.717) is 5.82 Å². The lowest BCUT2D eigenvalue weighted by Gasteiger charge is -2.13. The van der Waals surface area contributed by atoms with Crippen molar-refractivity contribution in [2.45, 2.75) is 0 Å². The summed E-state index contributed by atoms with van der Waals surface area (Å²) in [7, 11) is 3.62. The standard InChI is InChI=1S/C43H31N5O/c1-46-39-23-21-32(26-40(39)47(2)43(46)49)30-16-11-17-33(24-30)36-27-41(45-42(44-36)29-14-7-4-8-15-29)48-37-19-10-9-18-34(37)35-25-31(20-22-38(35)48)28-12-5-3-6-13-28/h3-27H,1-2H3. The summed E-state index contributed by atoms with van der Waals surface area (Å²) in [5.41, 5.74) is 11.1. The lowest BCUT2D eigenvalue weighted by Crippen LogP contribution is -2.19. The minimum atomic E-state index is -0.0378. The van der Waals surface area contributed by atoms with Gasteiger partial charge in [0.15, 0.2) is 5.82 Å². The van der Waals surface area contributed by atoms with Gasteiger partial charge in [0, 0.05) is 42.1 Å².